The Hall–Kier alpha value is -1.70. The summed E-state index contributed by atoms with van der Waals surface area (Å²) in [5.74, 6) is -0.445. The molecule has 0 unspecified atom stereocenters. The lowest BCUT2D eigenvalue weighted by Crippen LogP contribution is -2.30. The third-order valence-corrected chi connectivity index (χ3v) is 3.81. The van der Waals surface area contributed by atoms with Gasteiger partial charge in [-0.3, -0.25) is 9.78 Å². The van der Waals surface area contributed by atoms with E-state index < -0.39 is 15.9 Å². The van der Waals surface area contributed by atoms with Crippen LogP contribution in [0.25, 0.3) is 0 Å². The largest absolute Gasteiger partial charge is 0.488 e. The van der Waals surface area contributed by atoms with Crippen molar-refractivity contribution in [3.8, 4) is 5.75 Å². The van der Waals surface area contributed by atoms with E-state index in [0.717, 1.165) is 31.9 Å². The lowest BCUT2D eigenvalue weighted by atomic mass is 9.88. The van der Waals surface area contributed by atoms with Crippen molar-refractivity contribution in [2.45, 2.75) is 32.6 Å². The highest BCUT2D eigenvalue weighted by Gasteiger charge is 2.36. The highest BCUT2D eigenvalue weighted by molar-refractivity contribution is 7.81. The molecule has 1 fully saturated rings. The Bertz CT molecular complexity index is 612. The number of hydrogen-bond donors (Lipinski definition) is 1. The maximum Gasteiger partial charge on any atom is 0.488 e. The molecule has 0 saturated heterocycles. The average molecular weight is 302 g/mol. The van der Waals surface area contributed by atoms with Crippen LogP contribution in [0.4, 0.5) is 9.57 Å². The minimum absolute atomic E-state index is 0.156. The lowest BCUT2D eigenvalue weighted by molar-refractivity contribution is -0.124. The van der Waals surface area contributed by atoms with Gasteiger partial charge in [-0.1, -0.05) is 23.7 Å². The van der Waals surface area contributed by atoms with Crippen molar-refractivity contribution >= 4 is 22.1 Å². The first-order chi connectivity index (χ1) is 9.28. The Balaban J connectivity index is 2.10. The molecule has 0 bridgehead atoms. The first kappa shape index (κ1) is 14.7. The Morgan fingerprint density at radius 2 is 2.05 bits per heavy atom. The summed E-state index contributed by atoms with van der Waals surface area (Å²) in [4.78, 5) is 15.9. The van der Waals surface area contributed by atoms with Crippen LogP contribution in [0.2, 0.25) is 0 Å². The molecule has 8 heteroatoms. The number of nitrogens with one attached hydrogen (secondary N) is 1. The molecular formula is C12H15FN2O4S. The van der Waals surface area contributed by atoms with Crippen molar-refractivity contribution in [2.24, 2.45) is 5.41 Å². The molecular weight excluding hydrogens is 287 g/mol. The first-order valence-electron chi connectivity index (χ1n) is 6.19. The monoisotopic (exact) mass is 302 g/mol. The van der Waals surface area contributed by atoms with Gasteiger partial charge in [0.1, 0.15) is 0 Å². The van der Waals surface area contributed by atoms with Gasteiger partial charge in [0.25, 0.3) is 0 Å². The van der Waals surface area contributed by atoms with E-state index in [2.05, 4.69) is 14.5 Å². The zero-order chi connectivity index (χ0) is 14.8. The topological polar surface area (TPSA) is 85.4 Å². The fourth-order valence-corrected chi connectivity index (χ4v) is 2.63. The van der Waals surface area contributed by atoms with E-state index >= 15 is 0 Å². The standard InChI is InChI=1S/C12H15FN2O4S/c1-12(4-2-3-5-12)11(16)15-9-6-10(8-14-7-9)19-20(13,17)18/h6-8H,2-5H2,1H3,(H,15,16). The van der Waals surface area contributed by atoms with Gasteiger partial charge in [-0.25, -0.2) is 0 Å². The maximum absolute atomic E-state index is 12.4. The molecule has 0 atom stereocenters. The highest BCUT2D eigenvalue weighted by atomic mass is 32.3. The van der Waals surface area contributed by atoms with Gasteiger partial charge >= 0.3 is 10.5 Å². The molecule has 1 heterocycles. The van der Waals surface area contributed by atoms with Crippen LogP contribution < -0.4 is 9.50 Å². The second-order valence-corrected chi connectivity index (χ2v) is 6.06. The molecule has 1 aromatic rings. The molecule has 0 spiro atoms. The summed E-state index contributed by atoms with van der Waals surface area (Å²) >= 11 is 0. The number of rotatable bonds is 4. The fourth-order valence-electron chi connectivity index (χ4n) is 2.31. The molecule has 20 heavy (non-hydrogen) atoms. The molecule has 2 rings (SSSR count). The summed E-state index contributed by atoms with van der Waals surface area (Å²) in [6, 6.07) is 1.21. The predicted octanol–water partition coefficient (Wildman–Crippen LogP) is 2.19. The second kappa shape index (κ2) is 5.35. The third kappa shape index (κ3) is 3.66. The van der Waals surface area contributed by atoms with Gasteiger partial charge in [0, 0.05) is 11.5 Å². The molecule has 0 radical (unpaired) electrons. The Morgan fingerprint density at radius 1 is 1.40 bits per heavy atom. The zero-order valence-electron chi connectivity index (χ0n) is 10.9. The van der Waals surface area contributed by atoms with Crippen LogP contribution in [0.5, 0.6) is 5.75 Å². The minimum Gasteiger partial charge on any atom is -0.357 e. The quantitative estimate of drug-likeness (QED) is 0.862. The minimum atomic E-state index is -5.10. The van der Waals surface area contributed by atoms with Gasteiger partial charge in [-0.2, -0.15) is 8.42 Å². The van der Waals surface area contributed by atoms with E-state index in [4.69, 9.17) is 0 Å². The highest BCUT2D eigenvalue weighted by Crippen LogP contribution is 2.38. The van der Waals surface area contributed by atoms with Crippen LogP contribution in [-0.4, -0.2) is 19.3 Å². The van der Waals surface area contributed by atoms with Crippen molar-refractivity contribution < 1.29 is 21.3 Å². The molecule has 1 N–H and O–H groups in total. The van der Waals surface area contributed by atoms with Crippen LogP contribution in [-0.2, 0) is 15.3 Å². The molecule has 110 valence electrons. The maximum atomic E-state index is 12.4. The van der Waals surface area contributed by atoms with Gasteiger partial charge in [-0.15, -0.1) is 0 Å². The van der Waals surface area contributed by atoms with Crippen molar-refractivity contribution in [1.82, 2.24) is 4.98 Å². The van der Waals surface area contributed by atoms with Crippen LogP contribution in [0.1, 0.15) is 32.6 Å². The number of amides is 1. The summed E-state index contributed by atoms with van der Waals surface area (Å²) in [6.07, 6.45) is 6.01. The number of hydrogen-bond acceptors (Lipinski definition) is 5. The van der Waals surface area contributed by atoms with Crippen molar-refractivity contribution in [2.75, 3.05) is 5.32 Å². The number of carbonyl (C=O) groups excluding carboxylic acids is 1. The van der Waals surface area contributed by atoms with Crippen LogP contribution >= 0.6 is 0 Å². The second-order valence-electron chi connectivity index (χ2n) is 5.11. The SMILES string of the molecule is CC1(C(=O)Nc2cncc(OS(=O)(=O)F)c2)CCCC1. The molecule has 6 nitrogen and oxygen atoms in total. The zero-order valence-corrected chi connectivity index (χ0v) is 11.7. The van der Waals surface area contributed by atoms with E-state index in [0.29, 0.717) is 0 Å². The fraction of sp³-hybridized carbons (Fsp3) is 0.500. The summed E-state index contributed by atoms with van der Waals surface area (Å²) in [7, 11) is -5.10. The van der Waals surface area contributed by atoms with Crippen LogP contribution in [0.3, 0.4) is 0 Å². The van der Waals surface area contributed by atoms with E-state index in [9.17, 15) is 17.1 Å². The third-order valence-electron chi connectivity index (χ3n) is 3.42. The number of nitrogens with zero attached hydrogens (tertiary/aromatic N) is 1. The lowest BCUT2D eigenvalue weighted by Gasteiger charge is -2.22. The van der Waals surface area contributed by atoms with E-state index in [1.54, 1.807) is 0 Å². The molecule has 1 amide bonds. The summed E-state index contributed by atoms with van der Waals surface area (Å²) in [6.45, 7) is 1.88. The summed E-state index contributed by atoms with van der Waals surface area (Å²) in [5.41, 5.74) is -0.160. The van der Waals surface area contributed by atoms with Crippen LogP contribution in [0, 0.1) is 5.41 Å². The molecule has 1 aliphatic rings. The predicted molar refractivity (Wildman–Crippen MR) is 70.1 cm³/mol. The summed E-state index contributed by atoms with van der Waals surface area (Å²) in [5, 5.41) is 2.65. The number of aromatic nitrogens is 1. The van der Waals surface area contributed by atoms with E-state index in [1.807, 2.05) is 6.92 Å². The van der Waals surface area contributed by atoms with Gasteiger partial charge < -0.3 is 9.50 Å². The number of pyridine rings is 1. The first-order valence-corrected chi connectivity index (χ1v) is 7.50. The molecule has 0 aromatic carbocycles. The smallest absolute Gasteiger partial charge is 0.357 e. The van der Waals surface area contributed by atoms with Crippen LogP contribution in [0.15, 0.2) is 18.5 Å². The van der Waals surface area contributed by atoms with Gasteiger partial charge in [-0.05, 0) is 12.8 Å². The molecule has 0 aliphatic heterocycles. The molecule has 1 aliphatic carbocycles. The van der Waals surface area contributed by atoms with Crippen molar-refractivity contribution in [1.29, 1.82) is 0 Å². The van der Waals surface area contributed by atoms with Gasteiger partial charge in [0.15, 0.2) is 5.75 Å². The Morgan fingerprint density at radius 3 is 2.65 bits per heavy atom. The Labute approximate surface area is 116 Å². The van der Waals surface area contributed by atoms with E-state index in [-0.39, 0.29) is 17.3 Å². The molecule has 1 aromatic heterocycles. The number of carbonyl (C=O) groups is 1. The average Bonchev–Trinajstić information content (AvgIpc) is 2.76. The summed E-state index contributed by atoms with van der Waals surface area (Å²) < 4.78 is 37.3. The van der Waals surface area contributed by atoms with E-state index in [1.165, 1.54) is 12.3 Å². The van der Waals surface area contributed by atoms with Crippen molar-refractivity contribution in [3.63, 3.8) is 0 Å². The number of anilines is 1. The normalized spacial score (nSPS) is 17.7. The van der Waals surface area contributed by atoms with Gasteiger partial charge in [0.2, 0.25) is 5.91 Å². The van der Waals surface area contributed by atoms with Crippen molar-refractivity contribution in [3.05, 3.63) is 18.5 Å². The van der Waals surface area contributed by atoms with Gasteiger partial charge in [0.05, 0.1) is 18.1 Å². The Kier molecular flexibility index (Phi) is 3.94. The molecule has 1 saturated carbocycles. The number of halogens is 1.